The number of hydrogen-bond acceptors (Lipinski definition) is 3. The highest BCUT2D eigenvalue weighted by Gasteiger charge is 2.28. The Labute approximate surface area is 107 Å². The van der Waals surface area contributed by atoms with Crippen molar-refractivity contribution < 1.29 is 9.90 Å². The van der Waals surface area contributed by atoms with Crippen molar-refractivity contribution in [3.8, 4) is 0 Å². The van der Waals surface area contributed by atoms with Crippen LogP contribution in [-0.4, -0.2) is 35.1 Å². The van der Waals surface area contributed by atoms with Gasteiger partial charge in [0.15, 0.2) is 0 Å². The lowest BCUT2D eigenvalue weighted by Crippen LogP contribution is -2.45. The molecule has 0 atom stereocenters. The van der Waals surface area contributed by atoms with Gasteiger partial charge in [-0.2, -0.15) is 0 Å². The van der Waals surface area contributed by atoms with Crippen LogP contribution in [0.1, 0.15) is 35.2 Å². The van der Waals surface area contributed by atoms with Crippen molar-refractivity contribution in [2.45, 2.75) is 31.8 Å². The van der Waals surface area contributed by atoms with Crippen LogP contribution in [0.5, 0.6) is 0 Å². The molecule has 1 amide bonds. The molecular weight excluding hydrogens is 228 g/mol. The number of benzene rings is 1. The lowest BCUT2D eigenvalue weighted by atomic mass is 9.91. The second-order valence-electron chi connectivity index (χ2n) is 4.71. The van der Waals surface area contributed by atoms with E-state index >= 15 is 0 Å². The van der Waals surface area contributed by atoms with Gasteiger partial charge in [-0.3, -0.25) is 4.79 Å². The maximum absolute atomic E-state index is 12.4. The normalized spacial score (nSPS) is 15.2. The highest BCUT2D eigenvalue weighted by atomic mass is 16.3. The average Bonchev–Trinajstić information content (AvgIpc) is 2.35. The Morgan fingerprint density at radius 2 is 2.00 bits per heavy atom. The summed E-state index contributed by atoms with van der Waals surface area (Å²) in [5.41, 5.74) is 7.23. The molecule has 1 fully saturated rings. The third kappa shape index (κ3) is 2.71. The molecule has 18 heavy (non-hydrogen) atoms. The maximum Gasteiger partial charge on any atom is 0.254 e. The molecule has 0 aliphatic heterocycles. The number of carbonyl (C=O) groups excluding carboxylic acids is 1. The molecule has 2 rings (SSSR count). The number of aliphatic hydroxyl groups is 1. The summed E-state index contributed by atoms with van der Waals surface area (Å²) in [4.78, 5) is 14.1. The number of hydrogen-bond donors (Lipinski definition) is 2. The molecule has 1 aliphatic carbocycles. The first-order valence-corrected chi connectivity index (χ1v) is 6.47. The highest BCUT2D eigenvalue weighted by molar-refractivity contribution is 5.94. The zero-order valence-electron chi connectivity index (χ0n) is 10.5. The highest BCUT2D eigenvalue weighted by Crippen LogP contribution is 2.26. The molecule has 98 valence electrons. The van der Waals surface area contributed by atoms with E-state index in [0.29, 0.717) is 24.7 Å². The summed E-state index contributed by atoms with van der Waals surface area (Å²) in [6.45, 7) is 0.919. The molecular formula is C14H20N2O2. The van der Waals surface area contributed by atoms with Crippen molar-refractivity contribution in [3.63, 3.8) is 0 Å². The van der Waals surface area contributed by atoms with Crippen LogP contribution in [0.3, 0.4) is 0 Å². The fraction of sp³-hybridized carbons (Fsp3) is 0.500. The minimum atomic E-state index is 0.0114. The molecule has 0 unspecified atom stereocenters. The van der Waals surface area contributed by atoms with Crippen molar-refractivity contribution in [1.82, 2.24) is 4.90 Å². The second-order valence-corrected chi connectivity index (χ2v) is 4.71. The minimum absolute atomic E-state index is 0.0114. The zero-order valence-corrected chi connectivity index (χ0v) is 10.5. The Balaban J connectivity index is 2.10. The minimum Gasteiger partial charge on any atom is -0.395 e. The fourth-order valence-corrected chi connectivity index (χ4v) is 2.21. The fourth-order valence-electron chi connectivity index (χ4n) is 2.21. The van der Waals surface area contributed by atoms with Gasteiger partial charge in [-0.1, -0.05) is 12.1 Å². The van der Waals surface area contributed by atoms with Gasteiger partial charge in [0, 0.05) is 24.7 Å². The van der Waals surface area contributed by atoms with Gasteiger partial charge in [0.25, 0.3) is 5.91 Å². The Kier molecular flexibility index (Phi) is 4.33. The summed E-state index contributed by atoms with van der Waals surface area (Å²) in [7, 11) is 0. The van der Waals surface area contributed by atoms with Crippen LogP contribution in [0, 0.1) is 0 Å². The predicted octanol–water partition coefficient (Wildman–Crippen LogP) is 1.13. The molecule has 1 saturated carbocycles. The summed E-state index contributed by atoms with van der Waals surface area (Å²) in [6, 6.07) is 7.69. The maximum atomic E-state index is 12.4. The Bertz CT molecular complexity index is 399. The third-order valence-corrected chi connectivity index (χ3v) is 3.55. The molecule has 0 radical (unpaired) electrons. The van der Waals surface area contributed by atoms with Crippen molar-refractivity contribution >= 4 is 5.91 Å². The van der Waals surface area contributed by atoms with Crippen LogP contribution in [0.25, 0.3) is 0 Å². The summed E-state index contributed by atoms with van der Waals surface area (Å²) in [5, 5.41) is 9.07. The van der Waals surface area contributed by atoms with E-state index < -0.39 is 0 Å². The lowest BCUT2D eigenvalue weighted by molar-refractivity contribution is 0.0526. The number of aliphatic hydroxyl groups excluding tert-OH is 1. The van der Waals surface area contributed by atoms with E-state index in [1.165, 1.54) is 6.42 Å². The molecule has 3 N–H and O–H groups in total. The quantitative estimate of drug-likeness (QED) is 0.821. The van der Waals surface area contributed by atoms with Gasteiger partial charge < -0.3 is 15.7 Å². The van der Waals surface area contributed by atoms with Crippen LogP contribution >= 0.6 is 0 Å². The molecule has 1 aromatic rings. The molecule has 0 heterocycles. The molecule has 1 aromatic carbocycles. The van der Waals surface area contributed by atoms with Crippen molar-refractivity contribution in [2.24, 2.45) is 5.73 Å². The number of nitrogens with two attached hydrogens (primary N) is 1. The molecule has 0 spiro atoms. The number of rotatable bonds is 5. The summed E-state index contributed by atoms with van der Waals surface area (Å²) in [6.07, 6.45) is 3.27. The second kappa shape index (κ2) is 5.98. The Morgan fingerprint density at radius 3 is 2.44 bits per heavy atom. The number of nitrogens with zero attached hydrogens (tertiary/aromatic N) is 1. The van der Waals surface area contributed by atoms with E-state index in [9.17, 15) is 4.79 Å². The number of carbonyl (C=O) groups is 1. The monoisotopic (exact) mass is 248 g/mol. The average molecular weight is 248 g/mol. The van der Waals surface area contributed by atoms with Crippen LogP contribution in [0.2, 0.25) is 0 Å². The van der Waals surface area contributed by atoms with E-state index in [1.54, 1.807) is 4.90 Å². The van der Waals surface area contributed by atoms with Gasteiger partial charge >= 0.3 is 0 Å². The van der Waals surface area contributed by atoms with Gasteiger partial charge in [-0.25, -0.2) is 0 Å². The predicted molar refractivity (Wildman–Crippen MR) is 70.1 cm³/mol. The molecule has 0 aromatic heterocycles. The van der Waals surface area contributed by atoms with Crippen molar-refractivity contribution in [2.75, 3.05) is 13.2 Å². The van der Waals surface area contributed by atoms with Crippen molar-refractivity contribution in [3.05, 3.63) is 35.4 Å². The van der Waals surface area contributed by atoms with Gasteiger partial charge in [-0.15, -0.1) is 0 Å². The Hall–Kier alpha value is -1.39. The van der Waals surface area contributed by atoms with Gasteiger partial charge in [0.2, 0.25) is 0 Å². The van der Waals surface area contributed by atoms with E-state index in [1.807, 2.05) is 24.3 Å². The van der Waals surface area contributed by atoms with Crippen LogP contribution in [-0.2, 0) is 6.54 Å². The molecule has 0 saturated heterocycles. The van der Waals surface area contributed by atoms with Gasteiger partial charge in [-0.05, 0) is 37.0 Å². The molecule has 4 nitrogen and oxygen atoms in total. The van der Waals surface area contributed by atoms with E-state index in [4.69, 9.17) is 10.8 Å². The smallest absolute Gasteiger partial charge is 0.254 e. The van der Waals surface area contributed by atoms with Crippen LogP contribution in [0.4, 0.5) is 0 Å². The van der Waals surface area contributed by atoms with E-state index in [0.717, 1.165) is 18.4 Å². The first kappa shape index (κ1) is 13.1. The van der Waals surface area contributed by atoms with E-state index in [-0.39, 0.29) is 12.5 Å². The first-order valence-electron chi connectivity index (χ1n) is 6.47. The van der Waals surface area contributed by atoms with Crippen LogP contribution < -0.4 is 5.73 Å². The zero-order chi connectivity index (χ0) is 13.0. The summed E-state index contributed by atoms with van der Waals surface area (Å²) < 4.78 is 0. The van der Waals surface area contributed by atoms with Gasteiger partial charge in [0.05, 0.1) is 6.61 Å². The lowest BCUT2D eigenvalue weighted by Gasteiger charge is -2.37. The van der Waals surface area contributed by atoms with Gasteiger partial charge in [0.1, 0.15) is 0 Å². The molecule has 4 heteroatoms. The van der Waals surface area contributed by atoms with Crippen LogP contribution in [0.15, 0.2) is 24.3 Å². The summed E-state index contributed by atoms with van der Waals surface area (Å²) >= 11 is 0. The third-order valence-electron chi connectivity index (χ3n) is 3.55. The number of amides is 1. The standard InChI is InChI=1S/C14H20N2O2/c15-10-11-4-6-12(7-5-11)14(18)16(8-9-17)13-2-1-3-13/h4-7,13,17H,1-3,8-10,15H2. The largest absolute Gasteiger partial charge is 0.395 e. The molecule has 1 aliphatic rings. The molecule has 0 bridgehead atoms. The van der Waals surface area contributed by atoms with Crippen molar-refractivity contribution in [1.29, 1.82) is 0 Å². The first-order chi connectivity index (χ1) is 8.76. The Morgan fingerprint density at radius 1 is 1.33 bits per heavy atom. The summed E-state index contributed by atoms with van der Waals surface area (Å²) in [5.74, 6) is 0.0114. The van der Waals surface area contributed by atoms with E-state index in [2.05, 4.69) is 0 Å². The SMILES string of the molecule is NCc1ccc(C(=O)N(CCO)C2CCC2)cc1. The topological polar surface area (TPSA) is 66.6 Å².